The minimum Gasteiger partial charge on any atom is -0.341 e. The Morgan fingerprint density at radius 2 is 1.88 bits per heavy atom. The van der Waals surface area contributed by atoms with Crippen LogP contribution < -0.4 is 5.73 Å². The van der Waals surface area contributed by atoms with E-state index in [9.17, 15) is 4.79 Å². The molecule has 4 heteroatoms. The zero-order valence-electron chi connectivity index (χ0n) is 10.1. The Morgan fingerprint density at radius 3 is 2.44 bits per heavy atom. The molecule has 2 fully saturated rings. The van der Waals surface area contributed by atoms with Crippen molar-refractivity contribution in [1.29, 1.82) is 0 Å². The summed E-state index contributed by atoms with van der Waals surface area (Å²) in [6.07, 6.45) is 7.90. The SMILES string of the molecule is CC(N)C(=O)N1CCC2(CCCCC2)C1.Cl. The molecule has 1 heterocycles. The first kappa shape index (κ1) is 13.8. The van der Waals surface area contributed by atoms with Gasteiger partial charge < -0.3 is 10.6 Å². The van der Waals surface area contributed by atoms with Crippen LogP contribution in [0.4, 0.5) is 0 Å². The third-order valence-corrected chi connectivity index (χ3v) is 4.05. The average Bonchev–Trinajstić information content (AvgIpc) is 2.62. The Kier molecular flexibility index (Phi) is 4.62. The summed E-state index contributed by atoms with van der Waals surface area (Å²) in [4.78, 5) is 13.8. The second-order valence-corrected chi connectivity index (χ2v) is 5.36. The molecule has 1 saturated heterocycles. The summed E-state index contributed by atoms with van der Waals surface area (Å²) in [6, 6.07) is -0.330. The van der Waals surface area contributed by atoms with E-state index in [0.29, 0.717) is 5.41 Å². The second kappa shape index (κ2) is 5.37. The van der Waals surface area contributed by atoms with Gasteiger partial charge in [0.2, 0.25) is 5.91 Å². The van der Waals surface area contributed by atoms with Crippen LogP contribution in [0.3, 0.4) is 0 Å². The van der Waals surface area contributed by atoms with Crippen LogP contribution in [-0.2, 0) is 4.79 Å². The fourth-order valence-electron chi connectivity index (χ4n) is 3.12. The molecular formula is C12H23ClN2O. The summed E-state index contributed by atoms with van der Waals surface area (Å²) in [5.74, 6) is 0.137. The van der Waals surface area contributed by atoms with Crippen molar-refractivity contribution in [2.75, 3.05) is 13.1 Å². The van der Waals surface area contributed by atoms with Crippen LogP contribution >= 0.6 is 12.4 Å². The van der Waals surface area contributed by atoms with Crippen LogP contribution in [0.2, 0.25) is 0 Å². The monoisotopic (exact) mass is 246 g/mol. The Labute approximate surface area is 104 Å². The van der Waals surface area contributed by atoms with Gasteiger partial charge in [-0.05, 0) is 31.6 Å². The zero-order chi connectivity index (χ0) is 10.9. The average molecular weight is 247 g/mol. The van der Waals surface area contributed by atoms with Crippen molar-refractivity contribution >= 4 is 18.3 Å². The minimum atomic E-state index is -0.330. The lowest BCUT2D eigenvalue weighted by molar-refractivity contribution is -0.131. The van der Waals surface area contributed by atoms with E-state index in [1.54, 1.807) is 6.92 Å². The van der Waals surface area contributed by atoms with Gasteiger partial charge in [0.1, 0.15) is 0 Å². The summed E-state index contributed by atoms with van der Waals surface area (Å²) < 4.78 is 0. The molecule has 16 heavy (non-hydrogen) atoms. The number of hydrogen-bond acceptors (Lipinski definition) is 2. The van der Waals surface area contributed by atoms with Gasteiger partial charge in [-0.15, -0.1) is 12.4 Å². The van der Waals surface area contributed by atoms with E-state index >= 15 is 0 Å². The molecule has 2 rings (SSSR count). The molecule has 0 bridgehead atoms. The summed E-state index contributed by atoms with van der Waals surface area (Å²) in [5, 5.41) is 0. The van der Waals surface area contributed by atoms with Gasteiger partial charge in [0.05, 0.1) is 6.04 Å². The Bertz CT molecular complexity index is 249. The maximum atomic E-state index is 11.8. The Balaban J connectivity index is 0.00000128. The van der Waals surface area contributed by atoms with Crippen LogP contribution in [0.15, 0.2) is 0 Å². The van der Waals surface area contributed by atoms with Crippen LogP contribution in [0.5, 0.6) is 0 Å². The predicted molar refractivity (Wildman–Crippen MR) is 67.6 cm³/mol. The molecule has 1 aliphatic heterocycles. The van der Waals surface area contributed by atoms with Crippen molar-refractivity contribution in [3.8, 4) is 0 Å². The normalized spacial score (nSPS) is 25.2. The molecule has 0 aromatic rings. The van der Waals surface area contributed by atoms with Gasteiger partial charge in [-0.3, -0.25) is 4.79 Å². The third-order valence-electron chi connectivity index (χ3n) is 4.05. The predicted octanol–water partition coefficient (Wildman–Crippen LogP) is 1.94. The van der Waals surface area contributed by atoms with E-state index in [2.05, 4.69) is 0 Å². The molecule has 0 aromatic carbocycles. The topological polar surface area (TPSA) is 46.3 Å². The van der Waals surface area contributed by atoms with Crippen molar-refractivity contribution < 1.29 is 4.79 Å². The van der Waals surface area contributed by atoms with Crippen LogP contribution in [-0.4, -0.2) is 29.9 Å². The van der Waals surface area contributed by atoms with Crippen molar-refractivity contribution in [3.63, 3.8) is 0 Å². The molecule has 2 aliphatic rings. The van der Waals surface area contributed by atoms with Crippen LogP contribution in [0, 0.1) is 5.41 Å². The molecule has 0 aromatic heterocycles. The molecule has 1 saturated carbocycles. The van der Waals surface area contributed by atoms with Crippen molar-refractivity contribution in [2.24, 2.45) is 11.1 Å². The number of hydrogen-bond donors (Lipinski definition) is 1. The number of halogens is 1. The van der Waals surface area contributed by atoms with E-state index in [1.165, 1.54) is 38.5 Å². The van der Waals surface area contributed by atoms with Crippen LogP contribution in [0.25, 0.3) is 0 Å². The second-order valence-electron chi connectivity index (χ2n) is 5.36. The number of amides is 1. The Morgan fingerprint density at radius 1 is 1.25 bits per heavy atom. The lowest BCUT2D eigenvalue weighted by Gasteiger charge is -2.33. The van der Waals surface area contributed by atoms with Crippen molar-refractivity contribution in [3.05, 3.63) is 0 Å². The van der Waals surface area contributed by atoms with E-state index in [-0.39, 0.29) is 24.4 Å². The summed E-state index contributed by atoms with van der Waals surface area (Å²) >= 11 is 0. The molecule has 0 radical (unpaired) electrons. The highest BCUT2D eigenvalue weighted by atomic mass is 35.5. The maximum Gasteiger partial charge on any atom is 0.239 e. The zero-order valence-corrected chi connectivity index (χ0v) is 10.9. The smallest absolute Gasteiger partial charge is 0.239 e. The molecule has 1 spiro atoms. The molecule has 1 atom stereocenters. The van der Waals surface area contributed by atoms with Gasteiger partial charge in [-0.2, -0.15) is 0 Å². The number of rotatable bonds is 1. The number of nitrogens with zero attached hydrogens (tertiary/aromatic N) is 1. The number of carbonyl (C=O) groups is 1. The molecule has 3 nitrogen and oxygen atoms in total. The summed E-state index contributed by atoms with van der Waals surface area (Å²) in [5.41, 5.74) is 6.10. The van der Waals surface area contributed by atoms with Crippen molar-refractivity contribution in [1.82, 2.24) is 4.90 Å². The number of nitrogens with two attached hydrogens (primary N) is 1. The highest BCUT2D eigenvalue weighted by molar-refractivity contribution is 5.85. The molecule has 1 amide bonds. The first-order chi connectivity index (χ1) is 7.13. The molecule has 2 N–H and O–H groups in total. The molecule has 1 unspecified atom stereocenters. The van der Waals surface area contributed by atoms with E-state index < -0.39 is 0 Å². The highest BCUT2D eigenvalue weighted by Gasteiger charge is 2.40. The van der Waals surface area contributed by atoms with Gasteiger partial charge in [0, 0.05) is 13.1 Å². The standard InChI is InChI=1S/C12H22N2O.ClH/c1-10(13)11(15)14-8-7-12(9-14)5-3-2-4-6-12;/h10H,2-9,13H2,1H3;1H. The number of likely N-dealkylation sites (tertiary alicyclic amines) is 1. The number of carbonyl (C=O) groups excluding carboxylic acids is 1. The first-order valence-corrected chi connectivity index (χ1v) is 6.17. The highest BCUT2D eigenvalue weighted by Crippen LogP contribution is 2.43. The molecule has 1 aliphatic carbocycles. The summed E-state index contributed by atoms with van der Waals surface area (Å²) in [6.45, 7) is 3.68. The Hall–Kier alpha value is -0.280. The molecule has 94 valence electrons. The van der Waals surface area contributed by atoms with Crippen LogP contribution in [0.1, 0.15) is 45.4 Å². The third kappa shape index (κ3) is 2.69. The van der Waals surface area contributed by atoms with Gasteiger partial charge in [0.25, 0.3) is 0 Å². The molecular weight excluding hydrogens is 224 g/mol. The van der Waals surface area contributed by atoms with E-state index in [1.807, 2.05) is 4.90 Å². The van der Waals surface area contributed by atoms with Gasteiger partial charge >= 0.3 is 0 Å². The quantitative estimate of drug-likeness (QED) is 0.769. The summed E-state index contributed by atoms with van der Waals surface area (Å²) in [7, 11) is 0. The lowest BCUT2D eigenvalue weighted by Crippen LogP contribution is -2.42. The minimum absolute atomic E-state index is 0. The first-order valence-electron chi connectivity index (χ1n) is 6.17. The van der Waals surface area contributed by atoms with Crippen molar-refractivity contribution in [2.45, 2.75) is 51.5 Å². The van der Waals surface area contributed by atoms with Gasteiger partial charge in [-0.25, -0.2) is 0 Å². The fourth-order valence-corrected chi connectivity index (χ4v) is 3.12. The van der Waals surface area contributed by atoms with E-state index in [4.69, 9.17) is 5.73 Å². The maximum absolute atomic E-state index is 11.8. The largest absolute Gasteiger partial charge is 0.341 e. The fraction of sp³-hybridized carbons (Fsp3) is 0.917. The van der Waals surface area contributed by atoms with E-state index in [0.717, 1.165) is 13.1 Å². The lowest BCUT2D eigenvalue weighted by atomic mass is 9.73. The van der Waals surface area contributed by atoms with Gasteiger partial charge in [0.15, 0.2) is 0 Å². The van der Waals surface area contributed by atoms with Gasteiger partial charge in [-0.1, -0.05) is 19.3 Å².